The molecule has 0 atom stereocenters. The zero-order chi connectivity index (χ0) is 13.1. The number of ether oxygens (including phenoxy) is 1. The highest BCUT2D eigenvalue weighted by Gasteiger charge is 2.11. The van der Waals surface area contributed by atoms with Gasteiger partial charge in [0.2, 0.25) is 0 Å². The van der Waals surface area contributed by atoms with Gasteiger partial charge in [-0.1, -0.05) is 6.07 Å². The third-order valence-corrected chi connectivity index (χ3v) is 4.48. The van der Waals surface area contributed by atoms with Crippen molar-refractivity contribution >= 4 is 33.5 Å². The van der Waals surface area contributed by atoms with Crippen molar-refractivity contribution < 1.29 is 4.74 Å². The highest BCUT2D eigenvalue weighted by molar-refractivity contribution is 14.1. The number of fused-ring (bicyclic) bond motifs is 1. The predicted octanol–water partition coefficient (Wildman–Crippen LogP) is 3.31. The van der Waals surface area contributed by atoms with E-state index >= 15 is 0 Å². The third-order valence-electron chi connectivity index (χ3n) is 3.54. The van der Waals surface area contributed by atoms with Gasteiger partial charge >= 0.3 is 0 Å². The van der Waals surface area contributed by atoms with Crippen molar-refractivity contribution in [2.75, 3.05) is 26.2 Å². The summed E-state index contributed by atoms with van der Waals surface area (Å²) in [6.07, 6.45) is 4.48. The van der Waals surface area contributed by atoms with Crippen LogP contribution in [0.25, 0.3) is 10.9 Å². The summed E-state index contributed by atoms with van der Waals surface area (Å²) < 4.78 is 7.14. The Morgan fingerprint density at radius 2 is 2.05 bits per heavy atom. The van der Waals surface area contributed by atoms with Gasteiger partial charge in [0, 0.05) is 21.7 Å². The van der Waals surface area contributed by atoms with Crippen molar-refractivity contribution in [2.45, 2.75) is 12.8 Å². The fourth-order valence-corrected chi connectivity index (χ4v) is 3.13. The SMILES string of the molecule is Ic1ccc(OCCN2CCCC2)c2ncccc12. The first kappa shape index (κ1) is 13.1. The molecule has 19 heavy (non-hydrogen) atoms. The molecule has 3 rings (SSSR count). The number of hydrogen-bond donors (Lipinski definition) is 0. The average molecular weight is 368 g/mol. The molecule has 1 aliphatic rings. The second kappa shape index (κ2) is 6.05. The van der Waals surface area contributed by atoms with E-state index in [4.69, 9.17) is 4.74 Å². The molecule has 2 aromatic rings. The van der Waals surface area contributed by atoms with Crippen molar-refractivity contribution in [3.63, 3.8) is 0 Å². The first-order chi connectivity index (χ1) is 9.34. The maximum Gasteiger partial charge on any atom is 0.145 e. The fourth-order valence-electron chi connectivity index (χ4n) is 2.52. The number of likely N-dealkylation sites (tertiary alicyclic amines) is 1. The maximum atomic E-state index is 5.93. The van der Waals surface area contributed by atoms with Crippen LogP contribution < -0.4 is 4.74 Å². The molecule has 1 aromatic carbocycles. The number of pyridine rings is 1. The molecule has 0 unspecified atom stereocenters. The predicted molar refractivity (Wildman–Crippen MR) is 85.6 cm³/mol. The van der Waals surface area contributed by atoms with Crippen molar-refractivity contribution in [1.82, 2.24) is 9.88 Å². The van der Waals surface area contributed by atoms with Gasteiger partial charge in [-0.15, -0.1) is 0 Å². The lowest BCUT2D eigenvalue weighted by molar-refractivity contribution is 0.239. The van der Waals surface area contributed by atoms with E-state index in [-0.39, 0.29) is 0 Å². The summed E-state index contributed by atoms with van der Waals surface area (Å²) in [5.74, 6) is 0.898. The molecule has 100 valence electrons. The van der Waals surface area contributed by atoms with Crippen LogP contribution >= 0.6 is 22.6 Å². The summed E-state index contributed by atoms with van der Waals surface area (Å²) in [7, 11) is 0. The Labute approximate surface area is 127 Å². The molecular formula is C15H17IN2O. The summed E-state index contributed by atoms with van der Waals surface area (Å²) in [5, 5.41) is 1.17. The Bertz CT molecular complexity index is 567. The van der Waals surface area contributed by atoms with Gasteiger partial charge in [0.05, 0.1) is 0 Å². The first-order valence-corrected chi connectivity index (χ1v) is 7.81. The standard InChI is InChI=1S/C15H17IN2O/c16-13-5-6-14(15-12(13)4-3-7-17-15)19-11-10-18-8-1-2-9-18/h3-7H,1-2,8-11H2. The highest BCUT2D eigenvalue weighted by Crippen LogP contribution is 2.27. The molecular weight excluding hydrogens is 351 g/mol. The monoisotopic (exact) mass is 368 g/mol. The Kier molecular flexibility index (Phi) is 4.18. The summed E-state index contributed by atoms with van der Waals surface area (Å²) in [6.45, 7) is 4.19. The van der Waals surface area contributed by atoms with Crippen LogP contribution in [0, 0.1) is 3.57 Å². The van der Waals surface area contributed by atoms with E-state index in [9.17, 15) is 0 Å². The first-order valence-electron chi connectivity index (χ1n) is 6.73. The number of hydrogen-bond acceptors (Lipinski definition) is 3. The molecule has 3 nitrogen and oxygen atoms in total. The largest absolute Gasteiger partial charge is 0.490 e. The Morgan fingerprint density at radius 3 is 2.89 bits per heavy atom. The van der Waals surface area contributed by atoms with E-state index in [1.54, 1.807) is 0 Å². The molecule has 1 aliphatic heterocycles. The molecule has 0 spiro atoms. The minimum atomic E-state index is 0.742. The zero-order valence-corrected chi connectivity index (χ0v) is 13.0. The molecule has 0 radical (unpaired) electrons. The van der Waals surface area contributed by atoms with Crippen LogP contribution in [0.4, 0.5) is 0 Å². The van der Waals surface area contributed by atoms with Gasteiger partial charge in [0.25, 0.3) is 0 Å². The minimum Gasteiger partial charge on any atom is -0.490 e. The Hall–Kier alpha value is -0.880. The highest BCUT2D eigenvalue weighted by atomic mass is 127. The summed E-state index contributed by atoms with van der Waals surface area (Å²) in [5.41, 5.74) is 0.968. The maximum absolute atomic E-state index is 5.93. The molecule has 0 N–H and O–H groups in total. The van der Waals surface area contributed by atoms with E-state index < -0.39 is 0 Å². The molecule has 2 heterocycles. The van der Waals surface area contributed by atoms with Gasteiger partial charge in [-0.3, -0.25) is 9.88 Å². The van der Waals surface area contributed by atoms with Gasteiger partial charge in [0.1, 0.15) is 17.9 Å². The van der Waals surface area contributed by atoms with Gasteiger partial charge in [-0.05, 0) is 66.7 Å². The summed E-state index contributed by atoms with van der Waals surface area (Å²) in [4.78, 5) is 6.91. The van der Waals surface area contributed by atoms with Gasteiger partial charge in [-0.2, -0.15) is 0 Å². The van der Waals surface area contributed by atoms with Crippen LogP contribution in [0.3, 0.4) is 0 Å². The lowest BCUT2D eigenvalue weighted by Crippen LogP contribution is -2.25. The van der Waals surface area contributed by atoms with Crippen molar-refractivity contribution in [2.24, 2.45) is 0 Å². The van der Waals surface area contributed by atoms with Crippen LogP contribution in [-0.4, -0.2) is 36.1 Å². The van der Waals surface area contributed by atoms with Gasteiger partial charge in [0.15, 0.2) is 0 Å². The van der Waals surface area contributed by atoms with Crippen molar-refractivity contribution in [3.8, 4) is 5.75 Å². The second-order valence-electron chi connectivity index (χ2n) is 4.84. The van der Waals surface area contributed by atoms with Crippen LogP contribution in [0.1, 0.15) is 12.8 Å². The van der Waals surface area contributed by atoms with E-state index in [1.807, 2.05) is 18.3 Å². The number of aromatic nitrogens is 1. The van der Waals surface area contributed by atoms with Crippen LogP contribution in [0.15, 0.2) is 30.5 Å². The van der Waals surface area contributed by atoms with Gasteiger partial charge in [-0.25, -0.2) is 0 Å². The van der Waals surface area contributed by atoms with E-state index in [0.717, 1.165) is 24.4 Å². The van der Waals surface area contributed by atoms with E-state index in [2.05, 4.69) is 44.6 Å². The van der Waals surface area contributed by atoms with Crippen LogP contribution in [0.5, 0.6) is 5.75 Å². The Morgan fingerprint density at radius 1 is 1.21 bits per heavy atom. The average Bonchev–Trinajstić information content (AvgIpc) is 2.95. The number of rotatable bonds is 4. The number of nitrogens with zero attached hydrogens (tertiary/aromatic N) is 2. The van der Waals surface area contributed by atoms with Crippen molar-refractivity contribution in [3.05, 3.63) is 34.0 Å². The van der Waals surface area contributed by atoms with E-state index in [0.29, 0.717) is 0 Å². The van der Waals surface area contributed by atoms with E-state index in [1.165, 1.54) is 34.9 Å². The molecule has 0 saturated carbocycles. The lowest BCUT2D eigenvalue weighted by Gasteiger charge is -2.15. The minimum absolute atomic E-state index is 0.742. The molecule has 0 amide bonds. The number of halogens is 1. The zero-order valence-electron chi connectivity index (χ0n) is 10.8. The Balaban J connectivity index is 1.72. The normalized spacial score (nSPS) is 16.1. The smallest absolute Gasteiger partial charge is 0.145 e. The van der Waals surface area contributed by atoms with Crippen LogP contribution in [-0.2, 0) is 0 Å². The quantitative estimate of drug-likeness (QED) is 0.775. The number of benzene rings is 1. The van der Waals surface area contributed by atoms with Gasteiger partial charge < -0.3 is 4.74 Å². The molecule has 1 saturated heterocycles. The fraction of sp³-hybridized carbons (Fsp3) is 0.400. The molecule has 1 fully saturated rings. The molecule has 4 heteroatoms. The topological polar surface area (TPSA) is 25.4 Å². The third kappa shape index (κ3) is 3.00. The molecule has 1 aromatic heterocycles. The second-order valence-corrected chi connectivity index (χ2v) is 6.00. The summed E-state index contributed by atoms with van der Waals surface area (Å²) >= 11 is 2.34. The molecule has 0 bridgehead atoms. The lowest BCUT2D eigenvalue weighted by atomic mass is 10.2. The van der Waals surface area contributed by atoms with Crippen LogP contribution in [0.2, 0.25) is 0 Å². The summed E-state index contributed by atoms with van der Waals surface area (Å²) in [6, 6.07) is 8.19. The van der Waals surface area contributed by atoms with Crippen molar-refractivity contribution in [1.29, 1.82) is 0 Å². The molecule has 0 aliphatic carbocycles.